The number of esters is 1. The van der Waals surface area contributed by atoms with Gasteiger partial charge in [-0.15, -0.1) is 11.3 Å². The molecule has 0 saturated carbocycles. The molecule has 27 heavy (non-hydrogen) atoms. The number of carbonyl (C=O) groups excluding carboxylic acids is 2. The molecule has 2 aromatic heterocycles. The molecule has 6 nitrogen and oxygen atoms in total. The molecule has 0 fully saturated rings. The number of benzene rings is 1. The lowest BCUT2D eigenvalue weighted by Gasteiger charge is -2.11. The Morgan fingerprint density at radius 3 is 2.67 bits per heavy atom. The number of carbonyl (C=O) groups is 2. The van der Waals surface area contributed by atoms with E-state index in [4.69, 9.17) is 4.74 Å². The molecule has 1 aromatic carbocycles. The van der Waals surface area contributed by atoms with Gasteiger partial charge in [0.2, 0.25) is 0 Å². The van der Waals surface area contributed by atoms with Gasteiger partial charge in [-0.2, -0.15) is 5.10 Å². The second-order valence-electron chi connectivity index (χ2n) is 6.10. The summed E-state index contributed by atoms with van der Waals surface area (Å²) in [6.07, 6.45) is 2.45. The Morgan fingerprint density at radius 1 is 1.22 bits per heavy atom. The molecule has 0 aliphatic carbocycles. The number of nitrogens with one attached hydrogen (secondary N) is 1. The largest absolute Gasteiger partial charge is 0.452 e. The van der Waals surface area contributed by atoms with Crippen LogP contribution >= 0.6 is 11.3 Å². The summed E-state index contributed by atoms with van der Waals surface area (Å²) in [5, 5.41) is 9.26. The Balaban J connectivity index is 1.82. The van der Waals surface area contributed by atoms with Gasteiger partial charge in [-0.3, -0.25) is 4.79 Å². The average molecular weight is 383 g/mol. The number of hydrogen-bond acceptors (Lipinski definition) is 5. The number of amides is 1. The molecule has 1 atom stereocenters. The molecule has 0 unspecified atom stereocenters. The Bertz CT molecular complexity index is 904. The summed E-state index contributed by atoms with van der Waals surface area (Å²) in [6.45, 7) is 3.56. The van der Waals surface area contributed by atoms with Gasteiger partial charge in [-0.1, -0.05) is 31.2 Å². The number of para-hydroxylation sites is 1. The third kappa shape index (κ3) is 4.62. The van der Waals surface area contributed by atoms with Crippen LogP contribution in [0.25, 0.3) is 16.3 Å². The van der Waals surface area contributed by atoms with Gasteiger partial charge in [-0.25, -0.2) is 9.48 Å². The SMILES string of the molecule is CC[C@H](C)NC(=O)COC(=O)c1cn(-c2ccccc2)nc1-c1cccs1. The zero-order valence-corrected chi connectivity index (χ0v) is 16.0. The van der Waals surface area contributed by atoms with Crippen molar-refractivity contribution in [3.63, 3.8) is 0 Å². The molecule has 3 rings (SSSR count). The number of thiophene rings is 1. The Hall–Kier alpha value is -2.93. The Morgan fingerprint density at radius 2 is 2.00 bits per heavy atom. The lowest BCUT2D eigenvalue weighted by Crippen LogP contribution is -2.35. The maximum atomic E-state index is 12.6. The number of nitrogens with zero attached hydrogens (tertiary/aromatic N) is 2. The number of ether oxygens (including phenoxy) is 1. The van der Waals surface area contributed by atoms with Gasteiger partial charge in [0.1, 0.15) is 11.3 Å². The van der Waals surface area contributed by atoms with Crippen LogP contribution in [0.1, 0.15) is 30.6 Å². The molecule has 2 heterocycles. The van der Waals surface area contributed by atoms with Crippen molar-refractivity contribution in [2.45, 2.75) is 26.3 Å². The first-order valence-corrected chi connectivity index (χ1v) is 9.62. The van der Waals surface area contributed by atoms with Crippen molar-refractivity contribution in [2.75, 3.05) is 6.61 Å². The molecule has 140 valence electrons. The fourth-order valence-electron chi connectivity index (χ4n) is 2.46. The molecule has 0 saturated heterocycles. The topological polar surface area (TPSA) is 73.2 Å². The van der Waals surface area contributed by atoms with Crippen LogP contribution in [0.5, 0.6) is 0 Å². The fourth-order valence-corrected chi connectivity index (χ4v) is 3.18. The molecule has 3 aromatic rings. The highest BCUT2D eigenvalue weighted by Crippen LogP contribution is 2.28. The summed E-state index contributed by atoms with van der Waals surface area (Å²) >= 11 is 1.49. The first-order chi connectivity index (χ1) is 13.1. The summed E-state index contributed by atoms with van der Waals surface area (Å²) in [4.78, 5) is 25.4. The number of hydrogen-bond donors (Lipinski definition) is 1. The summed E-state index contributed by atoms with van der Waals surface area (Å²) in [6, 6.07) is 13.4. The molecule has 0 aliphatic rings. The molecule has 0 bridgehead atoms. The van der Waals surface area contributed by atoms with Crippen LogP contribution in [0, 0.1) is 0 Å². The summed E-state index contributed by atoms with van der Waals surface area (Å²) in [5.41, 5.74) is 1.71. The monoisotopic (exact) mass is 383 g/mol. The fraction of sp³-hybridized carbons (Fsp3) is 0.250. The Kier molecular flexibility index (Phi) is 6.03. The third-order valence-corrected chi connectivity index (χ3v) is 4.94. The lowest BCUT2D eigenvalue weighted by molar-refractivity contribution is -0.124. The van der Waals surface area contributed by atoms with E-state index in [1.54, 1.807) is 10.9 Å². The minimum atomic E-state index is -0.570. The lowest BCUT2D eigenvalue weighted by atomic mass is 10.2. The van der Waals surface area contributed by atoms with Crippen molar-refractivity contribution in [2.24, 2.45) is 0 Å². The quantitative estimate of drug-likeness (QED) is 0.632. The molecular formula is C20H21N3O3S. The van der Waals surface area contributed by atoms with E-state index in [0.717, 1.165) is 17.0 Å². The van der Waals surface area contributed by atoms with Crippen molar-refractivity contribution in [1.82, 2.24) is 15.1 Å². The van der Waals surface area contributed by atoms with E-state index < -0.39 is 5.97 Å². The van der Waals surface area contributed by atoms with Crippen LogP contribution in [0.15, 0.2) is 54.0 Å². The van der Waals surface area contributed by atoms with Crippen molar-refractivity contribution < 1.29 is 14.3 Å². The van der Waals surface area contributed by atoms with E-state index >= 15 is 0 Å². The van der Waals surface area contributed by atoms with Crippen LogP contribution in [-0.2, 0) is 9.53 Å². The standard InChI is InChI=1S/C20H21N3O3S/c1-3-14(2)21-18(24)13-26-20(25)16-12-23(15-8-5-4-6-9-15)22-19(16)17-10-7-11-27-17/h4-12,14H,3,13H2,1-2H3,(H,21,24)/t14-/m0/s1. The van der Waals surface area contributed by atoms with E-state index in [-0.39, 0.29) is 18.6 Å². The molecule has 1 amide bonds. The first kappa shape index (κ1) is 18.8. The average Bonchev–Trinajstić information content (AvgIpc) is 3.36. The maximum Gasteiger partial charge on any atom is 0.342 e. The summed E-state index contributed by atoms with van der Waals surface area (Å²) in [5.74, 6) is -0.884. The van der Waals surface area contributed by atoms with Gasteiger partial charge in [-0.05, 0) is 36.9 Å². The van der Waals surface area contributed by atoms with Gasteiger partial charge in [0.25, 0.3) is 5.91 Å². The van der Waals surface area contributed by atoms with Gasteiger partial charge < -0.3 is 10.1 Å². The van der Waals surface area contributed by atoms with Gasteiger partial charge in [0, 0.05) is 12.2 Å². The van der Waals surface area contributed by atoms with Crippen LogP contribution in [0.3, 0.4) is 0 Å². The zero-order valence-electron chi connectivity index (χ0n) is 15.2. The van der Waals surface area contributed by atoms with Crippen molar-refractivity contribution >= 4 is 23.2 Å². The van der Waals surface area contributed by atoms with Gasteiger partial charge >= 0.3 is 5.97 Å². The van der Waals surface area contributed by atoms with Crippen molar-refractivity contribution in [3.05, 3.63) is 59.6 Å². The Labute approximate surface area is 161 Å². The molecule has 0 aliphatic heterocycles. The highest BCUT2D eigenvalue weighted by Gasteiger charge is 2.21. The smallest absolute Gasteiger partial charge is 0.342 e. The maximum absolute atomic E-state index is 12.6. The molecular weight excluding hydrogens is 362 g/mol. The van der Waals surface area contributed by atoms with E-state index in [1.165, 1.54) is 11.3 Å². The first-order valence-electron chi connectivity index (χ1n) is 8.74. The summed E-state index contributed by atoms with van der Waals surface area (Å²) < 4.78 is 6.87. The highest BCUT2D eigenvalue weighted by molar-refractivity contribution is 7.13. The van der Waals surface area contributed by atoms with Gasteiger partial charge in [0.15, 0.2) is 6.61 Å². The van der Waals surface area contributed by atoms with Crippen LogP contribution in [-0.4, -0.2) is 34.3 Å². The molecule has 1 N–H and O–H groups in total. The van der Waals surface area contributed by atoms with Crippen molar-refractivity contribution in [3.8, 4) is 16.3 Å². The van der Waals surface area contributed by atoms with E-state index in [1.807, 2.05) is 61.7 Å². The van der Waals surface area contributed by atoms with E-state index in [9.17, 15) is 9.59 Å². The highest BCUT2D eigenvalue weighted by atomic mass is 32.1. The number of aromatic nitrogens is 2. The minimum Gasteiger partial charge on any atom is -0.452 e. The molecule has 0 spiro atoms. The van der Waals surface area contributed by atoms with Crippen LogP contribution in [0.2, 0.25) is 0 Å². The van der Waals surface area contributed by atoms with E-state index in [2.05, 4.69) is 10.4 Å². The second-order valence-corrected chi connectivity index (χ2v) is 7.05. The van der Waals surface area contributed by atoms with Gasteiger partial charge in [0.05, 0.1) is 10.6 Å². The minimum absolute atomic E-state index is 0.0405. The molecule has 7 heteroatoms. The second kappa shape index (κ2) is 8.64. The number of rotatable bonds is 7. The zero-order chi connectivity index (χ0) is 19.2. The summed E-state index contributed by atoms with van der Waals surface area (Å²) in [7, 11) is 0. The molecule has 0 radical (unpaired) electrons. The normalized spacial score (nSPS) is 11.8. The predicted octanol–water partition coefficient (Wildman–Crippen LogP) is 3.67. The third-order valence-electron chi connectivity index (χ3n) is 4.06. The van der Waals surface area contributed by atoms with E-state index in [0.29, 0.717) is 11.3 Å². The predicted molar refractivity (Wildman–Crippen MR) is 105 cm³/mol. The van der Waals surface area contributed by atoms with Crippen LogP contribution in [0.4, 0.5) is 0 Å². The van der Waals surface area contributed by atoms with Crippen molar-refractivity contribution in [1.29, 1.82) is 0 Å². The van der Waals surface area contributed by atoms with Crippen LogP contribution < -0.4 is 5.32 Å².